The summed E-state index contributed by atoms with van der Waals surface area (Å²) in [7, 11) is -5.47. The van der Waals surface area contributed by atoms with Gasteiger partial charge in [0.1, 0.15) is 5.60 Å². The highest BCUT2D eigenvalue weighted by molar-refractivity contribution is 7.92. The van der Waals surface area contributed by atoms with E-state index in [0.717, 1.165) is 37.1 Å². The van der Waals surface area contributed by atoms with Gasteiger partial charge in [-0.15, -0.1) is 0 Å². The Hall–Kier alpha value is -2.30. The summed E-state index contributed by atoms with van der Waals surface area (Å²) in [6, 6.07) is 3.36. The Kier molecular flexibility index (Phi) is 7.05. The van der Waals surface area contributed by atoms with E-state index in [0.29, 0.717) is 13.0 Å². The predicted molar refractivity (Wildman–Crippen MR) is 103 cm³/mol. The molecule has 0 spiro atoms. The second-order valence-corrected chi connectivity index (χ2v) is 9.95. The number of likely N-dealkylation sites (tertiary alicyclic amines) is 1. The van der Waals surface area contributed by atoms with Gasteiger partial charge in [-0.2, -0.15) is 13.2 Å². The lowest BCUT2D eigenvalue weighted by Crippen LogP contribution is -2.50. The van der Waals surface area contributed by atoms with Crippen molar-refractivity contribution in [1.82, 2.24) is 10.2 Å². The minimum Gasteiger partial charge on any atom is -0.444 e. The number of halogens is 3. The summed E-state index contributed by atoms with van der Waals surface area (Å²) < 4.78 is 66.1. The summed E-state index contributed by atoms with van der Waals surface area (Å²) >= 11 is 0. The van der Waals surface area contributed by atoms with E-state index in [1.165, 1.54) is 4.90 Å². The molecule has 11 heteroatoms. The summed E-state index contributed by atoms with van der Waals surface area (Å²) in [5.41, 5.74) is -6.01. The number of sulfone groups is 1. The highest BCUT2D eigenvalue weighted by atomic mass is 32.2. The molecule has 1 saturated heterocycles. The SMILES string of the molecule is CC(C)(C)OC(=O)NCC1CCCCN1C(=O)c1ccc(S(=O)(=O)C(F)(F)F)cc1. The molecule has 7 nitrogen and oxygen atoms in total. The number of piperidine rings is 1. The van der Waals surface area contributed by atoms with Crippen LogP contribution in [-0.4, -0.2) is 55.6 Å². The first-order chi connectivity index (χ1) is 13.7. The predicted octanol–water partition coefficient (Wildman–Crippen LogP) is 3.50. The number of alkyl carbamates (subject to hydrolysis) is 1. The van der Waals surface area contributed by atoms with Gasteiger partial charge in [0.05, 0.1) is 4.90 Å². The Bertz CT molecular complexity index is 877. The summed E-state index contributed by atoms with van der Waals surface area (Å²) in [6.07, 6.45) is 1.63. The maximum Gasteiger partial charge on any atom is 0.501 e. The summed E-state index contributed by atoms with van der Waals surface area (Å²) in [5.74, 6) is -0.443. The van der Waals surface area contributed by atoms with Crippen LogP contribution in [0.2, 0.25) is 0 Å². The Labute approximate surface area is 173 Å². The second kappa shape index (κ2) is 8.83. The quantitative estimate of drug-likeness (QED) is 0.758. The number of benzene rings is 1. The van der Waals surface area contributed by atoms with Gasteiger partial charge in [0.15, 0.2) is 0 Å². The van der Waals surface area contributed by atoms with Crippen LogP contribution < -0.4 is 5.32 Å². The Morgan fingerprint density at radius 3 is 2.27 bits per heavy atom. The number of rotatable bonds is 4. The van der Waals surface area contributed by atoms with Crippen molar-refractivity contribution in [3.8, 4) is 0 Å². The van der Waals surface area contributed by atoms with E-state index in [1.807, 2.05) is 0 Å². The molecule has 168 valence electrons. The molecule has 2 rings (SSSR count). The van der Waals surface area contributed by atoms with Gasteiger partial charge in [-0.25, -0.2) is 13.2 Å². The third kappa shape index (κ3) is 5.87. The third-order valence-electron chi connectivity index (χ3n) is 4.49. The highest BCUT2D eigenvalue weighted by Crippen LogP contribution is 2.30. The maximum atomic E-state index is 12.9. The Balaban J connectivity index is 2.11. The van der Waals surface area contributed by atoms with Crippen LogP contribution in [0.1, 0.15) is 50.4 Å². The molecule has 1 aromatic carbocycles. The van der Waals surface area contributed by atoms with Crippen LogP contribution in [0.25, 0.3) is 0 Å². The van der Waals surface area contributed by atoms with E-state index < -0.39 is 37.8 Å². The van der Waals surface area contributed by atoms with Crippen LogP contribution in [0.3, 0.4) is 0 Å². The van der Waals surface area contributed by atoms with Gasteiger partial charge < -0.3 is 15.0 Å². The van der Waals surface area contributed by atoms with Gasteiger partial charge in [-0.05, 0) is 64.3 Å². The number of hydrogen-bond donors (Lipinski definition) is 1. The fourth-order valence-electron chi connectivity index (χ4n) is 3.07. The van der Waals surface area contributed by atoms with Gasteiger partial charge in [-0.3, -0.25) is 4.79 Å². The van der Waals surface area contributed by atoms with Crippen LogP contribution >= 0.6 is 0 Å². The van der Waals surface area contributed by atoms with Crippen LogP contribution in [0, 0.1) is 0 Å². The third-order valence-corrected chi connectivity index (χ3v) is 5.99. The minimum absolute atomic E-state index is 0.0697. The van der Waals surface area contributed by atoms with Crippen molar-refractivity contribution in [1.29, 1.82) is 0 Å². The number of carbonyl (C=O) groups excluding carboxylic acids is 2. The molecule has 30 heavy (non-hydrogen) atoms. The molecule has 0 bridgehead atoms. The average Bonchev–Trinajstić information content (AvgIpc) is 2.64. The molecule has 1 aromatic rings. The first-order valence-corrected chi connectivity index (χ1v) is 10.9. The van der Waals surface area contributed by atoms with E-state index in [-0.39, 0.29) is 18.2 Å². The van der Waals surface area contributed by atoms with E-state index >= 15 is 0 Å². The molecule has 1 aliphatic heterocycles. The molecule has 0 radical (unpaired) electrons. The van der Waals surface area contributed by atoms with Crippen molar-refractivity contribution < 1.29 is 35.9 Å². The zero-order valence-electron chi connectivity index (χ0n) is 17.0. The van der Waals surface area contributed by atoms with Crippen molar-refractivity contribution in [2.45, 2.75) is 62.1 Å². The lowest BCUT2D eigenvalue weighted by atomic mass is 10.0. The average molecular weight is 450 g/mol. The fourth-order valence-corrected chi connectivity index (χ4v) is 3.83. The van der Waals surface area contributed by atoms with Crippen molar-refractivity contribution in [3.63, 3.8) is 0 Å². The number of amides is 2. The number of alkyl halides is 3. The Morgan fingerprint density at radius 2 is 1.73 bits per heavy atom. The summed E-state index contributed by atoms with van der Waals surface area (Å²) in [5, 5.41) is 2.63. The Morgan fingerprint density at radius 1 is 1.13 bits per heavy atom. The molecule has 0 aliphatic carbocycles. The van der Waals surface area contributed by atoms with Crippen LogP contribution in [0.4, 0.5) is 18.0 Å². The molecular weight excluding hydrogens is 425 g/mol. The molecular formula is C19H25F3N2O5S. The van der Waals surface area contributed by atoms with Gasteiger partial charge in [-0.1, -0.05) is 0 Å². The zero-order valence-corrected chi connectivity index (χ0v) is 17.8. The zero-order chi connectivity index (χ0) is 22.7. The lowest BCUT2D eigenvalue weighted by molar-refractivity contribution is -0.0436. The minimum atomic E-state index is -5.47. The number of hydrogen-bond acceptors (Lipinski definition) is 5. The topological polar surface area (TPSA) is 92.8 Å². The van der Waals surface area contributed by atoms with Crippen molar-refractivity contribution in [3.05, 3.63) is 29.8 Å². The molecule has 1 fully saturated rings. The van der Waals surface area contributed by atoms with Gasteiger partial charge in [0.2, 0.25) is 0 Å². The summed E-state index contributed by atoms with van der Waals surface area (Å²) in [6.45, 7) is 5.77. The van der Waals surface area contributed by atoms with E-state index in [4.69, 9.17) is 4.74 Å². The molecule has 1 atom stereocenters. The highest BCUT2D eigenvalue weighted by Gasteiger charge is 2.46. The van der Waals surface area contributed by atoms with E-state index in [1.54, 1.807) is 20.8 Å². The molecule has 1 heterocycles. The normalized spacial score (nSPS) is 18.1. The van der Waals surface area contributed by atoms with Crippen molar-refractivity contribution in [2.24, 2.45) is 0 Å². The van der Waals surface area contributed by atoms with Gasteiger partial charge >= 0.3 is 11.6 Å². The molecule has 1 aliphatic rings. The molecule has 0 aromatic heterocycles. The van der Waals surface area contributed by atoms with Gasteiger partial charge in [0, 0.05) is 24.7 Å². The second-order valence-electron chi connectivity index (χ2n) is 8.00. The smallest absolute Gasteiger partial charge is 0.444 e. The van der Waals surface area contributed by atoms with Crippen LogP contribution in [0.15, 0.2) is 29.2 Å². The first kappa shape index (κ1) is 24.0. The van der Waals surface area contributed by atoms with E-state index in [9.17, 15) is 31.2 Å². The fraction of sp³-hybridized carbons (Fsp3) is 0.579. The number of ether oxygens (including phenoxy) is 1. The van der Waals surface area contributed by atoms with E-state index in [2.05, 4.69) is 5.32 Å². The standard InChI is InChI=1S/C19H25F3N2O5S/c1-18(2,3)29-17(26)23-12-14-6-4-5-11-24(14)16(25)13-7-9-15(10-8-13)30(27,28)19(20,21)22/h7-10,14H,4-6,11-12H2,1-3H3,(H,23,26). The summed E-state index contributed by atoms with van der Waals surface area (Å²) in [4.78, 5) is 25.3. The monoisotopic (exact) mass is 450 g/mol. The maximum absolute atomic E-state index is 12.9. The largest absolute Gasteiger partial charge is 0.501 e. The number of nitrogens with zero attached hydrogens (tertiary/aromatic N) is 1. The number of nitrogens with one attached hydrogen (secondary N) is 1. The first-order valence-electron chi connectivity index (χ1n) is 9.41. The van der Waals surface area contributed by atoms with Crippen LogP contribution in [0.5, 0.6) is 0 Å². The number of carbonyl (C=O) groups is 2. The molecule has 0 saturated carbocycles. The van der Waals surface area contributed by atoms with Crippen LogP contribution in [-0.2, 0) is 14.6 Å². The van der Waals surface area contributed by atoms with Crippen molar-refractivity contribution in [2.75, 3.05) is 13.1 Å². The molecule has 1 unspecified atom stereocenters. The molecule has 1 N–H and O–H groups in total. The lowest BCUT2D eigenvalue weighted by Gasteiger charge is -2.36. The van der Waals surface area contributed by atoms with Gasteiger partial charge in [0.25, 0.3) is 15.7 Å². The van der Waals surface area contributed by atoms with Crippen molar-refractivity contribution >= 4 is 21.8 Å². The molecule has 2 amide bonds.